The molecule has 0 radical (unpaired) electrons. The number of hydrogen-bond acceptors (Lipinski definition) is 7. The van der Waals surface area contributed by atoms with Crippen LogP contribution >= 0.6 is 11.6 Å². The predicted molar refractivity (Wildman–Crippen MR) is 84.1 cm³/mol. The summed E-state index contributed by atoms with van der Waals surface area (Å²) in [4.78, 5) is 4.09. The van der Waals surface area contributed by atoms with Crippen molar-refractivity contribution in [1.29, 1.82) is 0 Å². The maximum absolute atomic E-state index is 12.8. The van der Waals surface area contributed by atoms with Gasteiger partial charge in [0.05, 0.1) is 22.5 Å². The monoisotopic (exact) mass is 370 g/mol. The van der Waals surface area contributed by atoms with Gasteiger partial charge in [-0.1, -0.05) is 16.8 Å². The fraction of sp³-hybridized carbons (Fsp3) is 0.143. The van der Waals surface area contributed by atoms with Crippen LogP contribution in [0.2, 0.25) is 5.02 Å². The summed E-state index contributed by atoms with van der Waals surface area (Å²) in [6, 6.07) is 4.53. The molecule has 0 fully saturated rings. The molecular weight excluding hydrogens is 361 g/mol. The summed E-state index contributed by atoms with van der Waals surface area (Å²) in [7, 11) is 0. The van der Waals surface area contributed by atoms with Crippen LogP contribution in [0.4, 0.5) is 36.4 Å². The molecule has 0 saturated carbocycles. The van der Waals surface area contributed by atoms with Crippen molar-refractivity contribution in [2.24, 2.45) is 0 Å². The van der Waals surface area contributed by atoms with Crippen LogP contribution in [0.1, 0.15) is 11.3 Å². The van der Waals surface area contributed by atoms with Crippen LogP contribution in [0.3, 0.4) is 0 Å². The highest BCUT2D eigenvalue weighted by atomic mass is 35.5. The molecule has 0 spiro atoms. The van der Waals surface area contributed by atoms with Gasteiger partial charge < -0.3 is 15.2 Å². The normalized spacial score (nSPS) is 11.4. The molecule has 7 nitrogen and oxygen atoms in total. The quantitative estimate of drug-likeness (QED) is 0.706. The molecule has 130 valence electrons. The number of rotatable bonds is 4. The maximum Gasteiger partial charge on any atom is 0.416 e. The largest absolute Gasteiger partial charge is 0.416 e. The number of nitrogens with one attached hydrogen (secondary N) is 2. The molecule has 1 aromatic carbocycles. The Morgan fingerprint density at radius 3 is 2.60 bits per heavy atom. The number of halogens is 4. The smallest absolute Gasteiger partial charge is 0.360 e. The first kappa shape index (κ1) is 17.0. The Balaban J connectivity index is 1.82. The minimum absolute atomic E-state index is 0.00715. The number of hydrogen-bond donors (Lipinski definition) is 2. The molecule has 0 bridgehead atoms. The van der Waals surface area contributed by atoms with E-state index in [9.17, 15) is 13.2 Å². The van der Waals surface area contributed by atoms with E-state index in [4.69, 9.17) is 16.1 Å². The lowest BCUT2D eigenvalue weighted by atomic mass is 10.2. The summed E-state index contributed by atoms with van der Waals surface area (Å²) >= 11 is 5.92. The lowest BCUT2D eigenvalue weighted by Gasteiger charge is -2.11. The predicted octanol–water partition coefficient (Wildman–Crippen LogP) is 4.33. The summed E-state index contributed by atoms with van der Waals surface area (Å²) in [5, 5.41) is 16.7. The van der Waals surface area contributed by atoms with Crippen LogP contribution < -0.4 is 10.6 Å². The SMILES string of the molecule is Cc1cc(Nc2cnnc(Nc3cc(C(F)(F)F)ccc3Cl)n2)no1. The number of anilines is 4. The van der Waals surface area contributed by atoms with Crippen LogP contribution in [0.15, 0.2) is 35.0 Å². The van der Waals surface area contributed by atoms with E-state index in [1.165, 1.54) is 6.20 Å². The van der Waals surface area contributed by atoms with Crippen LogP contribution in [0, 0.1) is 6.92 Å². The molecule has 2 N–H and O–H groups in total. The Kier molecular flexibility index (Phi) is 4.45. The van der Waals surface area contributed by atoms with Gasteiger partial charge in [-0.2, -0.15) is 23.3 Å². The van der Waals surface area contributed by atoms with E-state index >= 15 is 0 Å². The molecule has 0 aliphatic rings. The molecule has 3 rings (SSSR count). The topological polar surface area (TPSA) is 88.8 Å². The first-order valence-electron chi connectivity index (χ1n) is 6.85. The summed E-state index contributed by atoms with van der Waals surface area (Å²) in [6.45, 7) is 1.72. The minimum atomic E-state index is -4.49. The Hall–Kier alpha value is -2.88. The van der Waals surface area contributed by atoms with Crippen molar-refractivity contribution in [3.63, 3.8) is 0 Å². The van der Waals surface area contributed by atoms with Gasteiger partial charge in [0, 0.05) is 6.07 Å². The van der Waals surface area contributed by atoms with E-state index in [1.807, 2.05) is 0 Å². The van der Waals surface area contributed by atoms with Gasteiger partial charge >= 0.3 is 6.18 Å². The van der Waals surface area contributed by atoms with Gasteiger partial charge in [-0.15, -0.1) is 5.10 Å². The second-order valence-electron chi connectivity index (χ2n) is 4.93. The molecule has 0 amide bonds. The van der Waals surface area contributed by atoms with E-state index in [-0.39, 0.29) is 22.5 Å². The van der Waals surface area contributed by atoms with Gasteiger partial charge in [-0.25, -0.2) is 0 Å². The Morgan fingerprint density at radius 1 is 1.12 bits per heavy atom. The molecule has 25 heavy (non-hydrogen) atoms. The van der Waals surface area contributed by atoms with Gasteiger partial charge in [-0.05, 0) is 25.1 Å². The highest BCUT2D eigenvalue weighted by Crippen LogP contribution is 2.34. The van der Waals surface area contributed by atoms with Crippen LogP contribution in [-0.4, -0.2) is 20.3 Å². The molecule has 2 aromatic heterocycles. The third-order valence-electron chi connectivity index (χ3n) is 2.98. The van der Waals surface area contributed by atoms with Crippen LogP contribution in [0.5, 0.6) is 0 Å². The minimum Gasteiger partial charge on any atom is -0.360 e. The zero-order valence-corrected chi connectivity index (χ0v) is 13.4. The van der Waals surface area contributed by atoms with E-state index in [2.05, 4.69) is 31.0 Å². The maximum atomic E-state index is 12.8. The van der Waals surface area contributed by atoms with E-state index in [0.29, 0.717) is 11.6 Å². The first-order valence-corrected chi connectivity index (χ1v) is 7.23. The lowest BCUT2D eigenvalue weighted by molar-refractivity contribution is -0.137. The Labute approximate surface area is 144 Å². The van der Waals surface area contributed by atoms with Crippen molar-refractivity contribution in [2.45, 2.75) is 13.1 Å². The second kappa shape index (κ2) is 6.55. The average Bonchev–Trinajstić information content (AvgIpc) is 2.94. The van der Waals surface area contributed by atoms with Gasteiger partial charge in [-0.3, -0.25) is 0 Å². The Bertz CT molecular complexity index is 898. The molecule has 0 unspecified atom stereocenters. The fourth-order valence-electron chi connectivity index (χ4n) is 1.89. The van der Waals surface area contributed by atoms with Gasteiger partial charge in [0.1, 0.15) is 5.76 Å². The van der Waals surface area contributed by atoms with Gasteiger partial charge in [0.2, 0.25) is 5.95 Å². The highest BCUT2D eigenvalue weighted by molar-refractivity contribution is 6.33. The van der Waals surface area contributed by atoms with E-state index in [0.717, 1.165) is 18.2 Å². The number of aromatic nitrogens is 4. The standard InChI is InChI=1S/C14H10ClF3N6O/c1-7-4-11(24-25-7)21-12-6-19-23-13(22-12)20-10-5-8(14(16,17)18)2-3-9(10)15/h2-6H,1H3,(H2,20,21,22,23,24). The van der Waals surface area contributed by atoms with Crippen LogP contribution in [0.25, 0.3) is 0 Å². The van der Waals surface area contributed by atoms with Crippen molar-refractivity contribution in [1.82, 2.24) is 20.3 Å². The van der Waals surface area contributed by atoms with Crippen molar-refractivity contribution in [3.8, 4) is 0 Å². The first-order chi connectivity index (χ1) is 11.8. The fourth-order valence-corrected chi connectivity index (χ4v) is 2.06. The van der Waals surface area contributed by atoms with Crippen molar-refractivity contribution in [3.05, 3.63) is 46.8 Å². The zero-order valence-electron chi connectivity index (χ0n) is 12.6. The summed E-state index contributed by atoms with van der Waals surface area (Å²) < 4.78 is 43.3. The summed E-state index contributed by atoms with van der Waals surface area (Å²) in [6.07, 6.45) is -3.17. The number of alkyl halides is 3. The zero-order chi connectivity index (χ0) is 18.0. The lowest BCUT2D eigenvalue weighted by Crippen LogP contribution is -2.07. The molecular formula is C14H10ClF3N6O. The third-order valence-corrected chi connectivity index (χ3v) is 3.31. The Morgan fingerprint density at radius 2 is 1.92 bits per heavy atom. The van der Waals surface area contributed by atoms with Crippen molar-refractivity contribution >= 4 is 34.9 Å². The van der Waals surface area contributed by atoms with Gasteiger partial charge in [0.15, 0.2) is 11.6 Å². The molecule has 0 aliphatic carbocycles. The van der Waals surface area contributed by atoms with Crippen molar-refractivity contribution in [2.75, 3.05) is 10.6 Å². The molecule has 3 aromatic rings. The highest BCUT2D eigenvalue weighted by Gasteiger charge is 2.31. The molecule has 2 heterocycles. The summed E-state index contributed by atoms with van der Waals surface area (Å²) in [5.41, 5.74) is -0.840. The number of nitrogens with zero attached hydrogens (tertiary/aromatic N) is 4. The molecule has 0 saturated heterocycles. The van der Waals surface area contributed by atoms with Gasteiger partial charge in [0.25, 0.3) is 0 Å². The number of benzene rings is 1. The molecule has 0 atom stereocenters. The van der Waals surface area contributed by atoms with E-state index < -0.39 is 11.7 Å². The third kappa shape index (κ3) is 4.15. The van der Waals surface area contributed by atoms with Crippen LogP contribution in [-0.2, 0) is 6.18 Å². The van der Waals surface area contributed by atoms with E-state index in [1.54, 1.807) is 13.0 Å². The second-order valence-corrected chi connectivity index (χ2v) is 5.34. The van der Waals surface area contributed by atoms with Crippen molar-refractivity contribution < 1.29 is 17.7 Å². The number of aryl methyl sites for hydroxylation is 1. The molecule has 11 heteroatoms. The molecule has 0 aliphatic heterocycles. The average molecular weight is 371 g/mol. The summed E-state index contributed by atoms with van der Waals surface area (Å²) in [5.74, 6) is 1.24.